The number of hydrogen-bond acceptors (Lipinski definition) is 3. The smallest absolute Gasteiger partial charge is 0.268 e. The zero-order valence-electron chi connectivity index (χ0n) is 12.3. The summed E-state index contributed by atoms with van der Waals surface area (Å²) in [6.07, 6.45) is -3.45. The lowest BCUT2D eigenvalue weighted by molar-refractivity contribution is -0.137. The van der Waals surface area contributed by atoms with Crippen LogP contribution >= 0.6 is 0 Å². The Morgan fingerprint density at radius 2 is 1.70 bits per heavy atom. The van der Waals surface area contributed by atoms with Gasteiger partial charge in [0.1, 0.15) is 11.6 Å². The molecular formula is C15H12F3N3O2. The number of aromatic nitrogens is 2. The van der Waals surface area contributed by atoms with Crippen molar-refractivity contribution in [1.29, 1.82) is 5.26 Å². The fourth-order valence-electron chi connectivity index (χ4n) is 2.10. The summed E-state index contributed by atoms with van der Waals surface area (Å²) in [5.74, 6) is 0. The van der Waals surface area contributed by atoms with Gasteiger partial charge in [-0.25, -0.2) is 4.79 Å². The second-order valence-electron chi connectivity index (χ2n) is 5.12. The molecule has 0 aliphatic rings. The molecule has 5 nitrogen and oxygen atoms in total. The molecule has 0 N–H and O–H groups in total. The molecule has 0 saturated heterocycles. The maximum absolute atomic E-state index is 12.6. The van der Waals surface area contributed by atoms with Crippen LogP contribution in [0.4, 0.5) is 13.2 Å². The predicted octanol–water partition coefficient (Wildman–Crippen LogP) is 2.47. The van der Waals surface area contributed by atoms with Crippen LogP contribution in [0.1, 0.15) is 31.0 Å². The zero-order valence-corrected chi connectivity index (χ0v) is 12.3. The van der Waals surface area contributed by atoms with Gasteiger partial charge in [0.2, 0.25) is 0 Å². The highest BCUT2D eigenvalue weighted by atomic mass is 19.4. The van der Waals surface area contributed by atoms with E-state index in [1.165, 1.54) is 0 Å². The Morgan fingerprint density at radius 1 is 1.13 bits per heavy atom. The highest BCUT2D eigenvalue weighted by molar-refractivity contribution is 5.37. The van der Waals surface area contributed by atoms with Crippen molar-refractivity contribution in [2.45, 2.75) is 26.1 Å². The van der Waals surface area contributed by atoms with Gasteiger partial charge in [-0.2, -0.15) is 18.4 Å². The number of benzene rings is 1. The molecule has 0 unspecified atom stereocenters. The molecule has 2 rings (SSSR count). The molecule has 0 atom stereocenters. The molecule has 8 heteroatoms. The Balaban J connectivity index is 2.70. The third-order valence-corrected chi connectivity index (χ3v) is 3.23. The van der Waals surface area contributed by atoms with Gasteiger partial charge < -0.3 is 0 Å². The number of halogens is 3. The van der Waals surface area contributed by atoms with Crippen LogP contribution in [0.2, 0.25) is 0 Å². The predicted molar refractivity (Wildman–Crippen MR) is 76.4 cm³/mol. The molecule has 0 saturated carbocycles. The van der Waals surface area contributed by atoms with Crippen molar-refractivity contribution >= 4 is 0 Å². The van der Waals surface area contributed by atoms with Crippen LogP contribution in [0.15, 0.2) is 40.1 Å². The van der Waals surface area contributed by atoms with Crippen molar-refractivity contribution < 1.29 is 13.2 Å². The summed E-state index contributed by atoms with van der Waals surface area (Å²) in [5.41, 5.74) is -2.43. The number of nitrogens with zero attached hydrogens (tertiary/aromatic N) is 3. The van der Waals surface area contributed by atoms with E-state index in [2.05, 4.69) is 0 Å². The molecule has 1 aromatic heterocycles. The lowest BCUT2D eigenvalue weighted by Gasteiger charge is -2.14. The first-order chi connectivity index (χ1) is 10.7. The van der Waals surface area contributed by atoms with Crippen LogP contribution < -0.4 is 11.2 Å². The van der Waals surface area contributed by atoms with E-state index in [0.717, 1.165) is 39.6 Å². The molecule has 1 aromatic carbocycles. The Hall–Kier alpha value is -2.82. The molecule has 2 aromatic rings. The molecule has 0 fully saturated rings. The van der Waals surface area contributed by atoms with E-state index >= 15 is 0 Å². The van der Waals surface area contributed by atoms with E-state index in [9.17, 15) is 22.8 Å². The van der Waals surface area contributed by atoms with Crippen LogP contribution in [0.3, 0.4) is 0 Å². The van der Waals surface area contributed by atoms with Crippen molar-refractivity contribution in [3.63, 3.8) is 0 Å². The summed E-state index contributed by atoms with van der Waals surface area (Å²) in [4.78, 5) is 24.4. The first kappa shape index (κ1) is 16.5. The van der Waals surface area contributed by atoms with Gasteiger partial charge in [-0.15, -0.1) is 0 Å². The summed E-state index contributed by atoms with van der Waals surface area (Å²) in [5, 5.41) is 9.01. The molecule has 23 heavy (non-hydrogen) atoms. The molecular weight excluding hydrogens is 311 g/mol. The highest BCUT2D eigenvalue weighted by Crippen LogP contribution is 2.29. The summed E-state index contributed by atoms with van der Waals surface area (Å²) in [6.45, 7) is 3.20. The van der Waals surface area contributed by atoms with E-state index in [-0.39, 0.29) is 11.3 Å². The van der Waals surface area contributed by atoms with Gasteiger partial charge in [-0.3, -0.25) is 13.9 Å². The number of nitriles is 1. The minimum Gasteiger partial charge on any atom is -0.268 e. The third kappa shape index (κ3) is 3.04. The van der Waals surface area contributed by atoms with E-state index in [1.807, 2.05) is 0 Å². The minimum absolute atomic E-state index is 0.133. The van der Waals surface area contributed by atoms with Crippen molar-refractivity contribution in [2.75, 3.05) is 0 Å². The number of hydrogen-bond donors (Lipinski definition) is 0. The minimum atomic E-state index is -4.49. The van der Waals surface area contributed by atoms with Crippen molar-refractivity contribution in [3.8, 4) is 11.8 Å². The van der Waals surface area contributed by atoms with Crippen LogP contribution in [-0.4, -0.2) is 9.13 Å². The van der Waals surface area contributed by atoms with Crippen LogP contribution in [0, 0.1) is 11.3 Å². The molecule has 0 aliphatic carbocycles. The summed E-state index contributed by atoms with van der Waals surface area (Å²) >= 11 is 0. The standard InChI is InChI=1S/C15H12F3N3O2/c1-9(2)21-13(22)10(7-19)8-20(14(21)23)12-5-3-11(4-6-12)15(16,17)18/h3-6,8-9H,1-2H3. The number of alkyl halides is 3. The molecule has 0 amide bonds. The van der Waals surface area contributed by atoms with E-state index < -0.39 is 29.0 Å². The lowest BCUT2D eigenvalue weighted by Crippen LogP contribution is -2.41. The van der Waals surface area contributed by atoms with Crippen LogP contribution in [0.5, 0.6) is 0 Å². The van der Waals surface area contributed by atoms with Gasteiger partial charge in [0.15, 0.2) is 0 Å². The van der Waals surface area contributed by atoms with Crippen molar-refractivity contribution in [3.05, 3.63) is 62.4 Å². The average Bonchev–Trinajstić information content (AvgIpc) is 2.46. The lowest BCUT2D eigenvalue weighted by atomic mass is 10.2. The second kappa shape index (κ2) is 5.76. The molecule has 0 bridgehead atoms. The Labute approximate surface area is 128 Å². The molecule has 120 valence electrons. The summed E-state index contributed by atoms with van der Waals surface area (Å²) < 4.78 is 39.6. The first-order valence-electron chi connectivity index (χ1n) is 6.62. The van der Waals surface area contributed by atoms with Gasteiger partial charge in [0.25, 0.3) is 5.56 Å². The highest BCUT2D eigenvalue weighted by Gasteiger charge is 2.30. The van der Waals surface area contributed by atoms with E-state index in [0.29, 0.717) is 0 Å². The topological polar surface area (TPSA) is 67.8 Å². The van der Waals surface area contributed by atoms with Gasteiger partial charge >= 0.3 is 11.9 Å². The van der Waals surface area contributed by atoms with Crippen LogP contribution in [-0.2, 0) is 6.18 Å². The average molecular weight is 323 g/mol. The maximum Gasteiger partial charge on any atom is 0.416 e. The maximum atomic E-state index is 12.6. The molecule has 0 aliphatic heterocycles. The zero-order chi connectivity index (χ0) is 17.4. The Morgan fingerprint density at radius 3 is 2.13 bits per heavy atom. The van der Waals surface area contributed by atoms with Crippen molar-refractivity contribution in [2.24, 2.45) is 0 Å². The van der Waals surface area contributed by atoms with Gasteiger partial charge in [-0.05, 0) is 38.1 Å². The molecule has 0 spiro atoms. The fourth-order valence-corrected chi connectivity index (χ4v) is 2.10. The van der Waals surface area contributed by atoms with E-state index in [1.54, 1.807) is 19.9 Å². The normalized spacial score (nSPS) is 11.5. The summed E-state index contributed by atoms with van der Waals surface area (Å²) in [6, 6.07) is 5.08. The van der Waals surface area contributed by atoms with Gasteiger partial charge in [0, 0.05) is 12.2 Å². The van der Waals surface area contributed by atoms with Crippen molar-refractivity contribution in [1.82, 2.24) is 9.13 Å². The molecule has 1 heterocycles. The van der Waals surface area contributed by atoms with Gasteiger partial charge in [0.05, 0.1) is 11.3 Å². The van der Waals surface area contributed by atoms with Crippen LogP contribution in [0.25, 0.3) is 5.69 Å². The number of rotatable bonds is 2. The Bertz CT molecular complexity index is 885. The Kier molecular flexibility index (Phi) is 4.14. The van der Waals surface area contributed by atoms with Gasteiger partial charge in [-0.1, -0.05) is 0 Å². The quantitative estimate of drug-likeness (QED) is 0.852. The fraction of sp³-hybridized carbons (Fsp3) is 0.267. The largest absolute Gasteiger partial charge is 0.416 e. The summed E-state index contributed by atoms with van der Waals surface area (Å²) in [7, 11) is 0. The molecule has 0 radical (unpaired) electrons. The monoisotopic (exact) mass is 323 g/mol. The van der Waals surface area contributed by atoms with E-state index in [4.69, 9.17) is 5.26 Å². The third-order valence-electron chi connectivity index (χ3n) is 3.23. The second-order valence-corrected chi connectivity index (χ2v) is 5.12. The first-order valence-corrected chi connectivity index (χ1v) is 6.62. The SMILES string of the molecule is CC(C)n1c(=O)c(C#N)cn(-c2ccc(C(F)(F)F)cc2)c1=O.